The second-order valence-electron chi connectivity index (χ2n) is 6.50. The summed E-state index contributed by atoms with van der Waals surface area (Å²) in [4.78, 5) is 12.2. The van der Waals surface area contributed by atoms with Crippen LogP contribution in [-0.2, 0) is 14.8 Å². The first kappa shape index (κ1) is 20.9. The first-order valence-corrected chi connectivity index (χ1v) is 11.0. The fraction of sp³-hybridized carbons (Fsp3) is 0.316. The van der Waals surface area contributed by atoms with Crippen LogP contribution in [0.25, 0.3) is 0 Å². The molecule has 0 saturated carbocycles. The van der Waals surface area contributed by atoms with Gasteiger partial charge in [-0.25, -0.2) is 8.42 Å². The Bertz CT molecular complexity index is 989. The molecular weight excluding hydrogens is 423 g/mol. The molecule has 0 unspecified atom stereocenters. The Morgan fingerprint density at radius 3 is 2.43 bits per heavy atom. The van der Waals surface area contributed by atoms with Gasteiger partial charge in [0.2, 0.25) is 10.0 Å². The SMILES string of the molecule is Cc1cc(Cl)ccc1NC(=O)COc1ccc(Cl)cc1S(=O)(=O)N1CCCC1. The number of hydrogen-bond donors (Lipinski definition) is 1. The van der Waals surface area contributed by atoms with E-state index in [9.17, 15) is 13.2 Å². The van der Waals surface area contributed by atoms with Gasteiger partial charge in [-0.15, -0.1) is 0 Å². The fourth-order valence-corrected chi connectivity index (χ4v) is 5.10. The summed E-state index contributed by atoms with van der Waals surface area (Å²) in [5.74, 6) is -0.316. The number of rotatable bonds is 6. The van der Waals surface area contributed by atoms with Crippen molar-refractivity contribution < 1.29 is 17.9 Å². The van der Waals surface area contributed by atoms with Crippen molar-refractivity contribution >= 4 is 44.8 Å². The van der Waals surface area contributed by atoms with Crippen molar-refractivity contribution in [2.45, 2.75) is 24.7 Å². The number of nitrogens with one attached hydrogen (secondary N) is 1. The highest BCUT2D eigenvalue weighted by molar-refractivity contribution is 7.89. The summed E-state index contributed by atoms with van der Waals surface area (Å²) in [6.07, 6.45) is 1.64. The van der Waals surface area contributed by atoms with Gasteiger partial charge in [-0.2, -0.15) is 4.31 Å². The molecule has 1 fully saturated rings. The van der Waals surface area contributed by atoms with E-state index in [1.54, 1.807) is 18.2 Å². The van der Waals surface area contributed by atoms with Gasteiger partial charge in [0.25, 0.3) is 5.91 Å². The number of anilines is 1. The molecule has 1 saturated heterocycles. The molecule has 1 heterocycles. The predicted molar refractivity (Wildman–Crippen MR) is 110 cm³/mol. The van der Waals surface area contributed by atoms with Crippen LogP contribution in [0.5, 0.6) is 5.75 Å². The van der Waals surface area contributed by atoms with Crippen LogP contribution < -0.4 is 10.1 Å². The lowest BCUT2D eigenvalue weighted by molar-refractivity contribution is -0.118. The average Bonchev–Trinajstić information content (AvgIpc) is 3.18. The molecule has 3 rings (SSSR count). The number of benzene rings is 2. The number of hydrogen-bond acceptors (Lipinski definition) is 4. The second kappa shape index (κ2) is 8.69. The van der Waals surface area contributed by atoms with Crippen LogP contribution in [0.2, 0.25) is 10.0 Å². The minimum absolute atomic E-state index is 0.0302. The Balaban J connectivity index is 1.74. The summed E-state index contributed by atoms with van der Waals surface area (Å²) in [6.45, 7) is 2.41. The van der Waals surface area contributed by atoms with Gasteiger partial charge >= 0.3 is 0 Å². The lowest BCUT2D eigenvalue weighted by atomic mass is 10.2. The topological polar surface area (TPSA) is 75.7 Å². The van der Waals surface area contributed by atoms with E-state index in [2.05, 4.69) is 5.32 Å². The molecule has 0 bridgehead atoms. The third-order valence-electron chi connectivity index (χ3n) is 4.41. The van der Waals surface area contributed by atoms with Crippen molar-refractivity contribution in [2.75, 3.05) is 25.0 Å². The van der Waals surface area contributed by atoms with E-state index in [-0.39, 0.29) is 22.3 Å². The first-order chi connectivity index (χ1) is 13.3. The van der Waals surface area contributed by atoms with Gasteiger partial charge in [-0.3, -0.25) is 4.79 Å². The number of carbonyl (C=O) groups excluding carboxylic acids is 1. The van der Waals surface area contributed by atoms with Crippen LogP contribution in [0, 0.1) is 6.92 Å². The van der Waals surface area contributed by atoms with Crippen molar-refractivity contribution in [3.8, 4) is 5.75 Å². The highest BCUT2D eigenvalue weighted by Gasteiger charge is 2.30. The van der Waals surface area contributed by atoms with Gasteiger partial charge in [0.1, 0.15) is 10.6 Å². The largest absolute Gasteiger partial charge is 0.482 e. The highest BCUT2D eigenvalue weighted by Crippen LogP contribution is 2.31. The van der Waals surface area contributed by atoms with E-state index < -0.39 is 15.9 Å². The number of sulfonamides is 1. The van der Waals surface area contributed by atoms with E-state index in [1.807, 2.05) is 6.92 Å². The Morgan fingerprint density at radius 1 is 1.11 bits per heavy atom. The maximum absolute atomic E-state index is 12.9. The Morgan fingerprint density at radius 2 is 1.75 bits per heavy atom. The summed E-state index contributed by atoms with van der Waals surface area (Å²) >= 11 is 11.9. The normalized spacial score (nSPS) is 14.8. The van der Waals surface area contributed by atoms with Gasteiger partial charge in [0.15, 0.2) is 6.61 Å². The zero-order valence-corrected chi connectivity index (χ0v) is 17.6. The van der Waals surface area contributed by atoms with Gasteiger partial charge in [-0.05, 0) is 61.7 Å². The van der Waals surface area contributed by atoms with Gasteiger partial charge in [-0.1, -0.05) is 23.2 Å². The van der Waals surface area contributed by atoms with Crippen molar-refractivity contribution in [1.29, 1.82) is 0 Å². The van der Waals surface area contributed by atoms with E-state index in [0.29, 0.717) is 23.8 Å². The number of amides is 1. The molecule has 6 nitrogen and oxygen atoms in total. The number of halogens is 2. The fourth-order valence-electron chi connectivity index (χ4n) is 2.97. The lowest BCUT2D eigenvalue weighted by Crippen LogP contribution is -2.29. The zero-order chi connectivity index (χ0) is 20.3. The summed E-state index contributed by atoms with van der Waals surface area (Å²) in [7, 11) is -3.73. The molecular formula is C19H20Cl2N2O4S. The van der Waals surface area contributed by atoms with Crippen LogP contribution in [0.4, 0.5) is 5.69 Å². The molecule has 150 valence electrons. The predicted octanol–water partition coefficient (Wildman–Crippen LogP) is 4.10. The van der Waals surface area contributed by atoms with Crippen molar-refractivity contribution in [1.82, 2.24) is 4.31 Å². The average molecular weight is 443 g/mol. The number of carbonyl (C=O) groups is 1. The van der Waals surface area contributed by atoms with Crippen LogP contribution in [0.15, 0.2) is 41.3 Å². The van der Waals surface area contributed by atoms with Crippen LogP contribution in [-0.4, -0.2) is 38.3 Å². The molecule has 0 radical (unpaired) electrons. The van der Waals surface area contributed by atoms with Gasteiger partial charge < -0.3 is 10.1 Å². The zero-order valence-electron chi connectivity index (χ0n) is 15.2. The highest BCUT2D eigenvalue weighted by atomic mass is 35.5. The monoisotopic (exact) mass is 442 g/mol. The van der Waals surface area contributed by atoms with E-state index in [4.69, 9.17) is 27.9 Å². The Labute approximate surface area is 174 Å². The summed E-state index contributed by atoms with van der Waals surface area (Å²) in [6, 6.07) is 9.45. The van der Waals surface area contributed by atoms with Crippen LogP contribution in [0.3, 0.4) is 0 Å². The standard InChI is InChI=1S/C19H20Cl2N2O4S/c1-13-10-14(20)4-6-16(13)22-19(24)12-27-17-7-5-15(21)11-18(17)28(25,26)23-8-2-3-9-23/h4-7,10-11H,2-3,8-9,12H2,1H3,(H,22,24). The molecule has 1 aliphatic heterocycles. The third-order valence-corrected chi connectivity index (χ3v) is 6.80. The van der Waals surface area contributed by atoms with Crippen molar-refractivity contribution in [3.63, 3.8) is 0 Å². The van der Waals surface area contributed by atoms with Crippen molar-refractivity contribution in [2.24, 2.45) is 0 Å². The lowest BCUT2D eigenvalue weighted by Gasteiger charge is -2.18. The molecule has 0 aliphatic carbocycles. The summed E-state index contributed by atoms with van der Waals surface area (Å²) in [5.41, 5.74) is 1.42. The summed E-state index contributed by atoms with van der Waals surface area (Å²) in [5, 5.41) is 3.58. The molecule has 1 aliphatic rings. The molecule has 28 heavy (non-hydrogen) atoms. The molecule has 1 N–H and O–H groups in total. The van der Waals surface area contributed by atoms with Crippen LogP contribution in [0.1, 0.15) is 18.4 Å². The molecule has 1 amide bonds. The Hall–Kier alpha value is -1.80. The van der Waals surface area contributed by atoms with E-state index in [0.717, 1.165) is 18.4 Å². The second-order valence-corrected chi connectivity index (χ2v) is 9.28. The van der Waals surface area contributed by atoms with Gasteiger partial charge in [0.05, 0.1) is 0 Å². The smallest absolute Gasteiger partial charge is 0.262 e. The minimum atomic E-state index is -3.73. The third kappa shape index (κ3) is 4.78. The summed E-state index contributed by atoms with van der Waals surface area (Å²) < 4.78 is 32.7. The maximum Gasteiger partial charge on any atom is 0.262 e. The van der Waals surface area contributed by atoms with E-state index >= 15 is 0 Å². The number of aryl methyl sites for hydroxylation is 1. The van der Waals surface area contributed by atoms with Gasteiger partial charge in [0, 0.05) is 28.8 Å². The molecule has 2 aromatic carbocycles. The quantitative estimate of drug-likeness (QED) is 0.730. The molecule has 0 atom stereocenters. The number of ether oxygens (including phenoxy) is 1. The molecule has 0 aromatic heterocycles. The van der Waals surface area contributed by atoms with E-state index in [1.165, 1.54) is 22.5 Å². The molecule has 2 aromatic rings. The minimum Gasteiger partial charge on any atom is -0.482 e. The first-order valence-electron chi connectivity index (χ1n) is 8.76. The maximum atomic E-state index is 12.9. The van der Waals surface area contributed by atoms with Crippen LogP contribution >= 0.6 is 23.2 Å². The van der Waals surface area contributed by atoms with Crippen molar-refractivity contribution in [3.05, 3.63) is 52.0 Å². The molecule has 0 spiro atoms. The number of nitrogens with zero attached hydrogens (tertiary/aromatic N) is 1. The molecule has 9 heteroatoms. The Kier molecular flexibility index (Phi) is 6.50.